The van der Waals surface area contributed by atoms with Crippen LogP contribution in [0, 0.1) is 0 Å². The minimum Gasteiger partial charge on any atom is -0.375 e. The van der Waals surface area contributed by atoms with Crippen molar-refractivity contribution >= 4 is 40.7 Å². The van der Waals surface area contributed by atoms with Gasteiger partial charge in [0, 0.05) is 38.7 Å². The van der Waals surface area contributed by atoms with Crippen molar-refractivity contribution in [2.45, 2.75) is 31.7 Å². The van der Waals surface area contributed by atoms with Crippen LogP contribution in [0.3, 0.4) is 0 Å². The maximum atomic E-state index is 12.8. The zero-order valence-electron chi connectivity index (χ0n) is 19.7. The van der Waals surface area contributed by atoms with Gasteiger partial charge in [0.25, 0.3) is 0 Å². The number of hydrogen-bond acceptors (Lipinski definition) is 4. The maximum absolute atomic E-state index is 12.8. The van der Waals surface area contributed by atoms with E-state index < -0.39 is 6.04 Å². The van der Waals surface area contributed by atoms with Gasteiger partial charge in [0.1, 0.15) is 6.04 Å². The fraction of sp³-hybridized carbons (Fsp3) is 0.333. The van der Waals surface area contributed by atoms with Crippen molar-refractivity contribution < 1.29 is 9.59 Å². The Bertz CT molecular complexity index is 1040. The van der Waals surface area contributed by atoms with Crippen molar-refractivity contribution in [2.24, 2.45) is 5.73 Å². The third kappa shape index (κ3) is 8.36. The number of halogens is 1. The van der Waals surface area contributed by atoms with Gasteiger partial charge in [0.2, 0.25) is 11.8 Å². The summed E-state index contributed by atoms with van der Waals surface area (Å²) in [6.45, 7) is 1.77. The predicted octanol–water partition coefficient (Wildman–Crippen LogP) is 3.67. The largest absolute Gasteiger partial charge is 0.375 e. The van der Waals surface area contributed by atoms with Gasteiger partial charge in [-0.3, -0.25) is 9.59 Å². The molecule has 3 rings (SSSR count). The molecule has 182 valence electrons. The first-order valence-corrected chi connectivity index (χ1v) is 11.6. The molecule has 3 aromatic carbocycles. The smallest absolute Gasteiger partial charge is 0.242 e. The quantitative estimate of drug-likeness (QED) is 0.344. The summed E-state index contributed by atoms with van der Waals surface area (Å²) >= 11 is 0. The fourth-order valence-electron chi connectivity index (χ4n) is 3.80. The molecule has 0 aliphatic carbocycles. The average molecular weight is 483 g/mol. The number of nitrogens with zero attached hydrogens (tertiary/aromatic N) is 1. The number of carbonyl (C=O) groups is 2. The van der Waals surface area contributed by atoms with Crippen LogP contribution < -0.4 is 21.3 Å². The van der Waals surface area contributed by atoms with Crippen LogP contribution in [-0.4, -0.2) is 44.5 Å². The molecule has 1 atom stereocenters. The molecule has 4 N–H and O–H groups in total. The van der Waals surface area contributed by atoms with E-state index in [-0.39, 0.29) is 24.2 Å². The topological polar surface area (TPSA) is 87.5 Å². The molecule has 0 fully saturated rings. The molecule has 0 saturated heterocycles. The Labute approximate surface area is 208 Å². The van der Waals surface area contributed by atoms with E-state index in [1.807, 2.05) is 55.6 Å². The molecule has 0 aromatic heterocycles. The van der Waals surface area contributed by atoms with E-state index in [1.54, 1.807) is 0 Å². The molecule has 6 nitrogen and oxygen atoms in total. The second kappa shape index (κ2) is 14.2. The SMILES string of the molecule is CN(CCCC(=O)N[C@H](Cc1ccc2ccccc2c1)C(=O)NCCCN)c1ccccc1.Cl. The standard InChI is InChI=1S/C27H34N4O2.ClH/c1-31(24-11-3-2-4-12-24)18-7-13-26(32)30-25(27(33)29-17-8-16-28)20-21-14-15-22-9-5-6-10-23(22)19-21;/h2-6,9-12,14-15,19,25H,7-8,13,16-18,20,28H2,1H3,(H,29,33)(H,30,32);1H/t25-;/m1./s1. The van der Waals surface area contributed by atoms with Gasteiger partial charge in [-0.25, -0.2) is 0 Å². The second-order valence-electron chi connectivity index (χ2n) is 8.30. The van der Waals surface area contributed by atoms with E-state index in [9.17, 15) is 9.59 Å². The van der Waals surface area contributed by atoms with Crippen LogP contribution in [0.2, 0.25) is 0 Å². The Hall–Kier alpha value is -3.09. The number of para-hydroxylation sites is 1. The van der Waals surface area contributed by atoms with Crippen LogP contribution in [0.4, 0.5) is 5.69 Å². The minimum atomic E-state index is -0.622. The minimum absolute atomic E-state index is 0. The highest BCUT2D eigenvalue weighted by atomic mass is 35.5. The molecular formula is C27H35ClN4O2. The Morgan fingerprint density at radius 3 is 2.38 bits per heavy atom. The molecule has 2 amide bonds. The van der Waals surface area contributed by atoms with E-state index in [0.29, 0.717) is 38.8 Å². The Kier molecular flexibility index (Phi) is 11.4. The molecule has 3 aromatic rings. The van der Waals surface area contributed by atoms with Gasteiger partial charge in [-0.1, -0.05) is 60.7 Å². The molecule has 34 heavy (non-hydrogen) atoms. The van der Waals surface area contributed by atoms with Crippen LogP contribution in [0.25, 0.3) is 10.8 Å². The molecule has 0 aliphatic heterocycles. The number of nitrogens with two attached hydrogens (primary N) is 1. The monoisotopic (exact) mass is 482 g/mol. The van der Waals surface area contributed by atoms with Crippen LogP contribution in [-0.2, 0) is 16.0 Å². The number of fused-ring (bicyclic) bond motifs is 1. The summed E-state index contributed by atoms with van der Waals surface area (Å²) in [6.07, 6.45) is 2.21. The van der Waals surface area contributed by atoms with E-state index >= 15 is 0 Å². The molecule has 0 heterocycles. The molecule has 0 saturated carbocycles. The van der Waals surface area contributed by atoms with Crippen molar-refractivity contribution in [3.8, 4) is 0 Å². The van der Waals surface area contributed by atoms with E-state index in [1.165, 1.54) is 0 Å². The number of hydrogen-bond donors (Lipinski definition) is 3. The van der Waals surface area contributed by atoms with E-state index in [4.69, 9.17) is 5.73 Å². The van der Waals surface area contributed by atoms with Crippen LogP contribution in [0.5, 0.6) is 0 Å². The highest BCUT2D eigenvalue weighted by Gasteiger charge is 2.21. The lowest BCUT2D eigenvalue weighted by molar-refractivity contribution is -0.129. The summed E-state index contributed by atoms with van der Waals surface area (Å²) in [4.78, 5) is 27.6. The molecule has 0 aliphatic rings. The highest BCUT2D eigenvalue weighted by Crippen LogP contribution is 2.17. The second-order valence-corrected chi connectivity index (χ2v) is 8.30. The van der Waals surface area contributed by atoms with Crippen molar-refractivity contribution in [1.82, 2.24) is 10.6 Å². The summed E-state index contributed by atoms with van der Waals surface area (Å²) < 4.78 is 0. The lowest BCUT2D eigenvalue weighted by atomic mass is 10.0. The summed E-state index contributed by atoms with van der Waals surface area (Å²) in [5, 5.41) is 8.12. The molecular weight excluding hydrogens is 448 g/mol. The van der Waals surface area contributed by atoms with Crippen molar-refractivity contribution in [3.63, 3.8) is 0 Å². The third-order valence-electron chi connectivity index (χ3n) is 5.68. The van der Waals surface area contributed by atoms with E-state index in [0.717, 1.165) is 28.6 Å². The van der Waals surface area contributed by atoms with Gasteiger partial charge in [-0.05, 0) is 47.9 Å². The Balaban J connectivity index is 0.00000408. The summed E-state index contributed by atoms with van der Waals surface area (Å²) in [6, 6.07) is 23.7. The van der Waals surface area contributed by atoms with Crippen molar-refractivity contribution in [3.05, 3.63) is 78.4 Å². The zero-order chi connectivity index (χ0) is 23.5. The normalized spacial score (nSPS) is 11.4. The van der Waals surface area contributed by atoms with Crippen LogP contribution in [0.1, 0.15) is 24.8 Å². The van der Waals surface area contributed by atoms with Crippen LogP contribution >= 0.6 is 12.4 Å². The molecule has 0 radical (unpaired) electrons. The first-order valence-electron chi connectivity index (χ1n) is 11.6. The van der Waals surface area contributed by atoms with Crippen LogP contribution in [0.15, 0.2) is 72.8 Å². The number of nitrogens with one attached hydrogen (secondary N) is 2. The molecule has 7 heteroatoms. The van der Waals surface area contributed by atoms with Gasteiger partial charge in [0.15, 0.2) is 0 Å². The zero-order valence-corrected chi connectivity index (χ0v) is 20.5. The first kappa shape index (κ1) is 27.2. The molecule has 0 unspecified atom stereocenters. The van der Waals surface area contributed by atoms with Gasteiger partial charge in [-0.15, -0.1) is 12.4 Å². The first-order chi connectivity index (χ1) is 16.1. The molecule has 0 spiro atoms. The third-order valence-corrected chi connectivity index (χ3v) is 5.68. The summed E-state index contributed by atoms with van der Waals surface area (Å²) in [7, 11) is 2.01. The number of anilines is 1. The molecule has 0 bridgehead atoms. The van der Waals surface area contributed by atoms with Gasteiger partial charge >= 0.3 is 0 Å². The number of rotatable bonds is 12. The Morgan fingerprint density at radius 1 is 0.941 bits per heavy atom. The maximum Gasteiger partial charge on any atom is 0.242 e. The van der Waals surface area contributed by atoms with Crippen molar-refractivity contribution in [1.29, 1.82) is 0 Å². The van der Waals surface area contributed by atoms with Gasteiger partial charge in [0.05, 0.1) is 0 Å². The number of amides is 2. The van der Waals surface area contributed by atoms with Crippen molar-refractivity contribution in [2.75, 3.05) is 31.6 Å². The highest BCUT2D eigenvalue weighted by molar-refractivity contribution is 5.88. The Morgan fingerprint density at radius 2 is 1.65 bits per heavy atom. The lowest BCUT2D eigenvalue weighted by Crippen LogP contribution is -2.48. The number of benzene rings is 3. The lowest BCUT2D eigenvalue weighted by Gasteiger charge is -2.21. The fourth-order valence-corrected chi connectivity index (χ4v) is 3.80. The average Bonchev–Trinajstić information content (AvgIpc) is 2.84. The van der Waals surface area contributed by atoms with E-state index in [2.05, 4.69) is 39.8 Å². The predicted molar refractivity (Wildman–Crippen MR) is 142 cm³/mol. The van der Waals surface area contributed by atoms with Gasteiger partial charge in [-0.2, -0.15) is 0 Å². The number of carbonyl (C=O) groups excluding carboxylic acids is 2. The summed E-state index contributed by atoms with van der Waals surface area (Å²) in [5.41, 5.74) is 7.67. The van der Waals surface area contributed by atoms with Gasteiger partial charge < -0.3 is 21.3 Å². The summed E-state index contributed by atoms with van der Waals surface area (Å²) in [5.74, 6) is -0.289.